The molecule has 0 aromatic carbocycles. The summed E-state index contributed by atoms with van der Waals surface area (Å²) in [5.41, 5.74) is 5.33. The molecule has 5 nitrogen and oxygen atoms in total. The topological polar surface area (TPSA) is 74.2 Å². The fraction of sp³-hybridized carbons (Fsp3) is 0.833. The predicted molar refractivity (Wildman–Crippen MR) is 63.4 cm³/mol. The van der Waals surface area contributed by atoms with Crippen molar-refractivity contribution in [3.63, 3.8) is 0 Å². The highest BCUT2D eigenvalue weighted by atomic mass is 16.5. The Kier molecular flexibility index (Phi) is 3.79. The Morgan fingerprint density at radius 3 is 2.94 bits per heavy atom. The van der Waals surface area contributed by atoms with Gasteiger partial charge in [-0.25, -0.2) is 0 Å². The van der Waals surface area contributed by atoms with Crippen molar-refractivity contribution in [1.82, 2.24) is 10.1 Å². The summed E-state index contributed by atoms with van der Waals surface area (Å²) in [6.07, 6.45) is 4.82. The molecule has 0 spiro atoms. The van der Waals surface area contributed by atoms with E-state index < -0.39 is 0 Å². The van der Waals surface area contributed by atoms with Crippen molar-refractivity contribution in [1.29, 1.82) is 0 Å². The van der Waals surface area contributed by atoms with E-state index in [9.17, 15) is 0 Å². The molecule has 2 rings (SSSR count). The van der Waals surface area contributed by atoms with E-state index in [0.717, 1.165) is 38.7 Å². The van der Waals surface area contributed by atoms with Crippen molar-refractivity contribution in [2.75, 3.05) is 6.61 Å². The molecule has 96 valence electrons. The summed E-state index contributed by atoms with van der Waals surface area (Å²) in [4.78, 5) is 4.42. The zero-order valence-electron chi connectivity index (χ0n) is 10.6. The molecule has 0 radical (unpaired) electrons. The van der Waals surface area contributed by atoms with Gasteiger partial charge < -0.3 is 15.0 Å². The third kappa shape index (κ3) is 3.04. The van der Waals surface area contributed by atoms with Crippen molar-refractivity contribution in [3.05, 3.63) is 11.7 Å². The first kappa shape index (κ1) is 12.5. The standard InChI is InChI=1S/C12H21N3O2/c1-9(13)5-6-10-14-11(15-17-10)12(2)7-3-4-8-16-12/h9H,3-8,13H2,1-2H3. The number of rotatable bonds is 4. The highest BCUT2D eigenvalue weighted by Crippen LogP contribution is 2.32. The number of nitrogens with two attached hydrogens (primary N) is 1. The minimum atomic E-state index is -0.367. The molecule has 0 amide bonds. The van der Waals surface area contributed by atoms with E-state index in [0.29, 0.717) is 11.7 Å². The molecule has 1 aliphatic heterocycles. The van der Waals surface area contributed by atoms with Crippen molar-refractivity contribution in [2.24, 2.45) is 5.73 Å². The van der Waals surface area contributed by atoms with E-state index in [2.05, 4.69) is 10.1 Å². The van der Waals surface area contributed by atoms with E-state index in [4.69, 9.17) is 15.0 Å². The average molecular weight is 239 g/mol. The van der Waals surface area contributed by atoms with Crippen LogP contribution in [0, 0.1) is 0 Å². The third-order valence-corrected chi connectivity index (χ3v) is 3.22. The van der Waals surface area contributed by atoms with Crippen molar-refractivity contribution < 1.29 is 9.26 Å². The van der Waals surface area contributed by atoms with Gasteiger partial charge in [-0.3, -0.25) is 0 Å². The summed E-state index contributed by atoms with van der Waals surface area (Å²) < 4.78 is 11.0. The molecule has 17 heavy (non-hydrogen) atoms. The molecule has 2 heterocycles. The molecule has 1 aromatic heterocycles. The van der Waals surface area contributed by atoms with Gasteiger partial charge in [0.1, 0.15) is 5.60 Å². The van der Waals surface area contributed by atoms with E-state index in [1.807, 2.05) is 13.8 Å². The monoisotopic (exact) mass is 239 g/mol. The van der Waals surface area contributed by atoms with Gasteiger partial charge in [0, 0.05) is 19.1 Å². The molecular weight excluding hydrogens is 218 g/mol. The van der Waals surface area contributed by atoms with Crippen molar-refractivity contribution in [3.8, 4) is 0 Å². The lowest BCUT2D eigenvalue weighted by molar-refractivity contribution is -0.0770. The van der Waals surface area contributed by atoms with Gasteiger partial charge in [-0.15, -0.1) is 0 Å². The van der Waals surface area contributed by atoms with E-state index in [1.54, 1.807) is 0 Å². The van der Waals surface area contributed by atoms with Crippen LogP contribution in [0.25, 0.3) is 0 Å². The van der Waals surface area contributed by atoms with Gasteiger partial charge >= 0.3 is 0 Å². The van der Waals surface area contributed by atoms with Crippen molar-refractivity contribution >= 4 is 0 Å². The molecule has 5 heteroatoms. The molecular formula is C12H21N3O2. The Bertz CT molecular complexity index is 356. The van der Waals surface area contributed by atoms with Crippen LogP contribution < -0.4 is 5.73 Å². The molecule has 1 saturated heterocycles. The normalized spacial score (nSPS) is 27.0. The Labute approximate surface area is 102 Å². The molecule has 1 fully saturated rings. The molecule has 2 N–H and O–H groups in total. The van der Waals surface area contributed by atoms with Gasteiger partial charge in [0.05, 0.1) is 0 Å². The second-order valence-corrected chi connectivity index (χ2v) is 5.06. The summed E-state index contributed by atoms with van der Waals surface area (Å²) >= 11 is 0. The highest BCUT2D eigenvalue weighted by molar-refractivity contribution is 5.00. The Balaban J connectivity index is 2.01. The summed E-state index contributed by atoms with van der Waals surface area (Å²) in [6.45, 7) is 4.79. The molecule has 0 bridgehead atoms. The number of ether oxygens (including phenoxy) is 1. The first-order chi connectivity index (χ1) is 8.10. The Morgan fingerprint density at radius 2 is 2.29 bits per heavy atom. The van der Waals surface area contributed by atoms with Crippen LogP contribution in [0.4, 0.5) is 0 Å². The summed E-state index contributed by atoms with van der Waals surface area (Å²) in [7, 11) is 0. The molecule has 1 aromatic rings. The fourth-order valence-corrected chi connectivity index (χ4v) is 2.03. The zero-order chi connectivity index (χ0) is 12.3. The predicted octanol–water partition coefficient (Wildman–Crippen LogP) is 1.77. The number of aryl methyl sites for hydroxylation is 1. The Hall–Kier alpha value is -0.940. The molecule has 0 aliphatic carbocycles. The lowest BCUT2D eigenvalue weighted by Gasteiger charge is -2.30. The van der Waals surface area contributed by atoms with E-state index in [1.165, 1.54) is 0 Å². The minimum absolute atomic E-state index is 0.159. The maximum Gasteiger partial charge on any atom is 0.226 e. The second-order valence-electron chi connectivity index (χ2n) is 5.06. The number of nitrogens with zero attached hydrogens (tertiary/aromatic N) is 2. The largest absolute Gasteiger partial charge is 0.367 e. The summed E-state index contributed by atoms with van der Waals surface area (Å²) in [6, 6.07) is 0.159. The quantitative estimate of drug-likeness (QED) is 0.866. The fourth-order valence-electron chi connectivity index (χ4n) is 2.03. The van der Waals surface area contributed by atoms with Crippen LogP contribution in [0.3, 0.4) is 0 Å². The SMILES string of the molecule is CC(N)CCc1nc(C2(C)CCCCO2)no1. The summed E-state index contributed by atoms with van der Waals surface area (Å²) in [5.74, 6) is 1.34. The first-order valence-corrected chi connectivity index (χ1v) is 6.33. The van der Waals surface area contributed by atoms with Gasteiger partial charge in [-0.05, 0) is 39.5 Å². The Morgan fingerprint density at radius 1 is 1.47 bits per heavy atom. The minimum Gasteiger partial charge on any atom is -0.367 e. The number of aromatic nitrogens is 2. The van der Waals surface area contributed by atoms with Crippen LogP contribution in [0.15, 0.2) is 4.52 Å². The zero-order valence-corrected chi connectivity index (χ0v) is 10.6. The average Bonchev–Trinajstić information content (AvgIpc) is 2.76. The van der Waals surface area contributed by atoms with Crippen LogP contribution >= 0.6 is 0 Å². The van der Waals surface area contributed by atoms with Crippen molar-refractivity contribution in [2.45, 2.75) is 57.6 Å². The van der Waals surface area contributed by atoms with Gasteiger partial charge in [0.25, 0.3) is 0 Å². The van der Waals surface area contributed by atoms with Gasteiger partial charge in [-0.1, -0.05) is 5.16 Å². The van der Waals surface area contributed by atoms with Crippen LogP contribution in [0.5, 0.6) is 0 Å². The van der Waals surface area contributed by atoms with Crippen LogP contribution in [-0.2, 0) is 16.8 Å². The number of hydrogen-bond donors (Lipinski definition) is 1. The maximum absolute atomic E-state index is 5.78. The van der Waals surface area contributed by atoms with Gasteiger partial charge in [0.15, 0.2) is 0 Å². The van der Waals surface area contributed by atoms with Crippen LogP contribution in [-0.4, -0.2) is 22.8 Å². The van der Waals surface area contributed by atoms with E-state index >= 15 is 0 Å². The third-order valence-electron chi connectivity index (χ3n) is 3.22. The number of hydrogen-bond acceptors (Lipinski definition) is 5. The second kappa shape index (κ2) is 5.14. The maximum atomic E-state index is 5.78. The molecule has 0 saturated carbocycles. The molecule has 2 unspecified atom stereocenters. The smallest absolute Gasteiger partial charge is 0.226 e. The van der Waals surface area contributed by atoms with E-state index in [-0.39, 0.29) is 11.6 Å². The first-order valence-electron chi connectivity index (χ1n) is 6.33. The lowest BCUT2D eigenvalue weighted by Crippen LogP contribution is -2.31. The molecule has 1 aliphatic rings. The van der Waals surface area contributed by atoms with Crippen LogP contribution in [0.2, 0.25) is 0 Å². The highest BCUT2D eigenvalue weighted by Gasteiger charge is 2.34. The van der Waals surface area contributed by atoms with Gasteiger partial charge in [0.2, 0.25) is 11.7 Å². The summed E-state index contributed by atoms with van der Waals surface area (Å²) in [5, 5.41) is 4.04. The van der Waals surface area contributed by atoms with Crippen LogP contribution in [0.1, 0.15) is 51.2 Å². The lowest BCUT2D eigenvalue weighted by atomic mass is 9.95. The van der Waals surface area contributed by atoms with Gasteiger partial charge in [-0.2, -0.15) is 4.98 Å². The molecule has 2 atom stereocenters.